The number of para-hydroxylation sites is 1. The molecule has 3 rings (SSSR count). The molecule has 0 spiro atoms. The Labute approximate surface area is 198 Å². The molecular weight excluding hydrogens is 467 g/mol. The molecule has 35 heavy (non-hydrogen) atoms. The molecule has 0 aliphatic rings. The van der Waals surface area contributed by atoms with Gasteiger partial charge in [-0.2, -0.15) is 13.2 Å². The summed E-state index contributed by atoms with van der Waals surface area (Å²) in [6.07, 6.45) is -3.19. The Morgan fingerprint density at radius 3 is 2.49 bits per heavy atom. The van der Waals surface area contributed by atoms with Crippen LogP contribution in [0, 0.1) is 0 Å². The molecule has 0 aliphatic heterocycles. The van der Waals surface area contributed by atoms with Gasteiger partial charge < -0.3 is 14.8 Å². The summed E-state index contributed by atoms with van der Waals surface area (Å²) in [5, 5.41) is 2.62. The van der Waals surface area contributed by atoms with Crippen molar-refractivity contribution < 1.29 is 27.4 Å². The fourth-order valence-electron chi connectivity index (χ4n) is 3.47. The number of amides is 1. The van der Waals surface area contributed by atoms with Crippen LogP contribution in [0.4, 0.5) is 13.2 Å². The van der Waals surface area contributed by atoms with Crippen LogP contribution in [0.2, 0.25) is 0 Å². The minimum atomic E-state index is -4.68. The van der Waals surface area contributed by atoms with Gasteiger partial charge in [-0.05, 0) is 36.2 Å². The van der Waals surface area contributed by atoms with Crippen molar-refractivity contribution in [2.45, 2.75) is 19.1 Å². The van der Waals surface area contributed by atoms with E-state index in [4.69, 9.17) is 9.47 Å². The molecule has 186 valence electrons. The summed E-state index contributed by atoms with van der Waals surface area (Å²) < 4.78 is 51.5. The van der Waals surface area contributed by atoms with Crippen LogP contribution in [0.15, 0.2) is 64.3 Å². The number of nitrogens with one attached hydrogen (secondary N) is 1. The second-order valence-electron chi connectivity index (χ2n) is 7.52. The van der Waals surface area contributed by atoms with Crippen LogP contribution in [0.3, 0.4) is 0 Å². The van der Waals surface area contributed by atoms with Gasteiger partial charge in [0.05, 0.1) is 31.5 Å². The Hall–Kier alpha value is -3.86. The molecule has 0 bridgehead atoms. The third kappa shape index (κ3) is 5.99. The molecule has 0 aliphatic carbocycles. The van der Waals surface area contributed by atoms with Crippen molar-refractivity contribution >= 4 is 5.91 Å². The fourth-order valence-corrected chi connectivity index (χ4v) is 3.47. The van der Waals surface area contributed by atoms with Crippen LogP contribution >= 0.6 is 0 Å². The quantitative estimate of drug-likeness (QED) is 0.497. The summed E-state index contributed by atoms with van der Waals surface area (Å²) in [6, 6.07) is 11.0. The first-order valence-electron chi connectivity index (χ1n) is 10.6. The zero-order chi connectivity index (χ0) is 25.6. The van der Waals surface area contributed by atoms with Crippen molar-refractivity contribution in [3.05, 3.63) is 92.3 Å². The van der Waals surface area contributed by atoms with Crippen molar-refractivity contribution in [2.75, 3.05) is 27.4 Å². The van der Waals surface area contributed by atoms with E-state index in [9.17, 15) is 27.6 Å². The maximum Gasteiger partial charge on any atom is 0.416 e. The van der Waals surface area contributed by atoms with Gasteiger partial charge in [-0.1, -0.05) is 24.3 Å². The van der Waals surface area contributed by atoms with Crippen molar-refractivity contribution in [3.8, 4) is 11.4 Å². The summed E-state index contributed by atoms with van der Waals surface area (Å²) in [5.74, 6) is -0.126. The van der Waals surface area contributed by atoms with Gasteiger partial charge in [0.2, 0.25) is 0 Å². The van der Waals surface area contributed by atoms with E-state index in [1.54, 1.807) is 12.1 Å². The average Bonchev–Trinajstić information content (AvgIpc) is 2.83. The smallest absolute Gasteiger partial charge is 0.416 e. The summed E-state index contributed by atoms with van der Waals surface area (Å²) in [6.45, 7) is 0.213. The number of methoxy groups -OCH3 is 2. The molecule has 1 heterocycles. The molecule has 11 heteroatoms. The zero-order valence-corrected chi connectivity index (χ0v) is 19.1. The number of rotatable bonds is 9. The predicted molar refractivity (Wildman–Crippen MR) is 122 cm³/mol. The van der Waals surface area contributed by atoms with Gasteiger partial charge in [0.15, 0.2) is 0 Å². The predicted octanol–water partition coefficient (Wildman–Crippen LogP) is 2.65. The summed E-state index contributed by atoms with van der Waals surface area (Å²) in [5.41, 5.74) is -2.81. The van der Waals surface area contributed by atoms with Crippen molar-refractivity contribution in [1.82, 2.24) is 14.5 Å². The number of hydrogen-bond donors (Lipinski definition) is 1. The van der Waals surface area contributed by atoms with E-state index >= 15 is 0 Å². The number of benzene rings is 2. The van der Waals surface area contributed by atoms with Crippen LogP contribution in [-0.2, 0) is 23.9 Å². The average molecular weight is 491 g/mol. The van der Waals surface area contributed by atoms with Gasteiger partial charge in [-0.15, -0.1) is 0 Å². The van der Waals surface area contributed by atoms with Crippen LogP contribution in [0.25, 0.3) is 5.69 Å². The number of carbonyl (C=O) groups excluding carboxylic acids is 1. The minimum absolute atomic E-state index is 0.0178. The topological polar surface area (TPSA) is 91.6 Å². The SMILES string of the molecule is COCCn1cc(C(=O)NCCc2ccccc2OC)c(=O)n(-c2cccc(C(F)(F)F)c2)c1=O. The first-order chi connectivity index (χ1) is 16.7. The van der Waals surface area contributed by atoms with E-state index < -0.39 is 34.5 Å². The number of aromatic nitrogens is 2. The Kier molecular flexibility index (Phi) is 8.13. The largest absolute Gasteiger partial charge is 0.496 e. The van der Waals surface area contributed by atoms with Crippen LogP contribution in [0.1, 0.15) is 21.5 Å². The lowest BCUT2D eigenvalue weighted by atomic mass is 10.1. The van der Waals surface area contributed by atoms with Crippen LogP contribution in [0.5, 0.6) is 5.75 Å². The molecule has 0 fully saturated rings. The summed E-state index contributed by atoms with van der Waals surface area (Å²) in [4.78, 5) is 38.9. The third-order valence-corrected chi connectivity index (χ3v) is 5.24. The third-order valence-electron chi connectivity index (χ3n) is 5.24. The number of nitrogens with zero attached hydrogens (tertiary/aromatic N) is 2. The summed E-state index contributed by atoms with van der Waals surface area (Å²) >= 11 is 0. The molecule has 1 N–H and O–H groups in total. The highest BCUT2D eigenvalue weighted by Gasteiger charge is 2.31. The first kappa shape index (κ1) is 25.8. The number of halogens is 3. The molecule has 1 aromatic heterocycles. The lowest BCUT2D eigenvalue weighted by Gasteiger charge is -2.15. The van der Waals surface area contributed by atoms with E-state index in [2.05, 4.69) is 5.32 Å². The Balaban J connectivity index is 1.98. The Morgan fingerprint density at radius 1 is 1.06 bits per heavy atom. The number of hydrogen-bond acceptors (Lipinski definition) is 5. The van der Waals surface area contributed by atoms with Crippen molar-refractivity contribution in [1.29, 1.82) is 0 Å². The van der Waals surface area contributed by atoms with E-state index in [0.29, 0.717) is 22.8 Å². The van der Waals surface area contributed by atoms with E-state index in [1.807, 2.05) is 12.1 Å². The molecule has 1 amide bonds. The molecule has 2 aromatic carbocycles. The van der Waals surface area contributed by atoms with Crippen LogP contribution < -0.4 is 21.3 Å². The summed E-state index contributed by atoms with van der Waals surface area (Å²) in [7, 11) is 2.93. The normalized spacial score (nSPS) is 11.3. The van der Waals surface area contributed by atoms with Gasteiger partial charge in [-0.25, -0.2) is 9.36 Å². The molecule has 0 unspecified atom stereocenters. The Bertz CT molecular complexity index is 1310. The highest BCUT2D eigenvalue weighted by molar-refractivity contribution is 5.93. The molecule has 0 saturated heterocycles. The molecule has 0 radical (unpaired) electrons. The van der Waals surface area contributed by atoms with Crippen molar-refractivity contribution in [3.63, 3.8) is 0 Å². The second-order valence-corrected chi connectivity index (χ2v) is 7.52. The standard InChI is InChI=1S/C24H24F3N3O5/c1-34-13-12-29-15-19(21(31)28-11-10-16-6-3-4-9-20(16)35-2)22(32)30(23(29)33)18-8-5-7-17(14-18)24(25,26)27/h3-9,14-15H,10-13H2,1-2H3,(H,28,31). The molecule has 3 aromatic rings. The molecule has 0 atom stereocenters. The number of ether oxygens (including phenoxy) is 2. The minimum Gasteiger partial charge on any atom is -0.496 e. The second kappa shape index (κ2) is 11.0. The highest BCUT2D eigenvalue weighted by atomic mass is 19.4. The lowest BCUT2D eigenvalue weighted by Crippen LogP contribution is -2.44. The number of alkyl halides is 3. The fraction of sp³-hybridized carbons (Fsp3) is 0.292. The van der Waals surface area contributed by atoms with Gasteiger partial charge in [0, 0.05) is 19.9 Å². The Morgan fingerprint density at radius 2 is 1.80 bits per heavy atom. The van der Waals surface area contributed by atoms with Gasteiger partial charge in [0.1, 0.15) is 11.3 Å². The molecule has 8 nitrogen and oxygen atoms in total. The first-order valence-corrected chi connectivity index (χ1v) is 10.6. The van der Waals surface area contributed by atoms with E-state index in [-0.39, 0.29) is 25.4 Å². The highest BCUT2D eigenvalue weighted by Crippen LogP contribution is 2.29. The van der Waals surface area contributed by atoms with E-state index in [1.165, 1.54) is 20.3 Å². The lowest BCUT2D eigenvalue weighted by molar-refractivity contribution is -0.137. The van der Waals surface area contributed by atoms with Crippen molar-refractivity contribution in [2.24, 2.45) is 0 Å². The maximum absolute atomic E-state index is 13.2. The number of carbonyl (C=O) groups is 1. The van der Waals surface area contributed by atoms with Gasteiger partial charge >= 0.3 is 11.9 Å². The van der Waals surface area contributed by atoms with Crippen LogP contribution in [-0.4, -0.2) is 42.4 Å². The monoisotopic (exact) mass is 491 g/mol. The molecular formula is C24H24F3N3O5. The zero-order valence-electron chi connectivity index (χ0n) is 19.1. The van der Waals surface area contributed by atoms with E-state index in [0.717, 1.165) is 28.5 Å². The van der Waals surface area contributed by atoms with Gasteiger partial charge in [0.25, 0.3) is 11.5 Å². The molecule has 0 saturated carbocycles. The van der Waals surface area contributed by atoms with Gasteiger partial charge in [-0.3, -0.25) is 14.2 Å². The maximum atomic E-state index is 13.2.